The third kappa shape index (κ3) is 3.85. The van der Waals surface area contributed by atoms with Gasteiger partial charge in [0.05, 0.1) is 31.1 Å². The molecule has 6 rings (SSSR count). The lowest BCUT2D eigenvalue weighted by Gasteiger charge is -2.33. The SMILES string of the molecule is O=C(C1CCC(C2CC2)CC1)N1Cc2cccnc2Nc2ccc(N3CCOCC3)cc21. The topological polar surface area (TPSA) is 57.7 Å². The van der Waals surface area contributed by atoms with Crippen molar-refractivity contribution in [3.63, 3.8) is 0 Å². The number of pyridine rings is 1. The van der Waals surface area contributed by atoms with Gasteiger partial charge in [-0.05, 0) is 74.6 Å². The van der Waals surface area contributed by atoms with Crippen LogP contribution in [-0.2, 0) is 16.1 Å². The van der Waals surface area contributed by atoms with E-state index in [0.717, 1.165) is 79.4 Å². The third-order valence-electron chi connectivity index (χ3n) is 7.80. The highest BCUT2D eigenvalue weighted by Crippen LogP contribution is 2.46. The highest BCUT2D eigenvalue weighted by Gasteiger charge is 2.38. The van der Waals surface area contributed by atoms with Gasteiger partial charge in [-0.2, -0.15) is 0 Å². The summed E-state index contributed by atoms with van der Waals surface area (Å²) in [5, 5.41) is 3.50. The molecule has 0 unspecified atom stereocenters. The molecule has 3 fully saturated rings. The molecule has 4 aliphatic rings. The van der Waals surface area contributed by atoms with Crippen molar-refractivity contribution in [3.8, 4) is 0 Å². The number of carbonyl (C=O) groups excluding carboxylic acids is 1. The van der Waals surface area contributed by atoms with Crippen LogP contribution >= 0.6 is 0 Å². The normalized spacial score (nSPS) is 25.4. The van der Waals surface area contributed by atoms with E-state index in [1.54, 1.807) is 0 Å². The summed E-state index contributed by atoms with van der Waals surface area (Å²) in [7, 11) is 0. The fourth-order valence-corrected chi connectivity index (χ4v) is 5.75. The number of carbonyl (C=O) groups is 1. The molecule has 168 valence electrons. The average Bonchev–Trinajstić information content (AvgIpc) is 3.70. The van der Waals surface area contributed by atoms with E-state index in [1.165, 1.54) is 25.7 Å². The first-order chi connectivity index (χ1) is 15.8. The van der Waals surface area contributed by atoms with Gasteiger partial charge in [-0.25, -0.2) is 4.98 Å². The number of amides is 1. The fourth-order valence-electron chi connectivity index (χ4n) is 5.75. The number of morpholine rings is 1. The molecule has 0 atom stereocenters. The number of ether oxygens (including phenoxy) is 1. The Hall–Kier alpha value is -2.60. The monoisotopic (exact) mass is 432 g/mol. The van der Waals surface area contributed by atoms with Crippen LogP contribution in [0.2, 0.25) is 0 Å². The fraction of sp³-hybridized carbons (Fsp3) is 0.538. The van der Waals surface area contributed by atoms with Gasteiger partial charge >= 0.3 is 0 Å². The lowest BCUT2D eigenvalue weighted by Crippen LogP contribution is -2.38. The number of nitrogens with zero attached hydrogens (tertiary/aromatic N) is 3. The van der Waals surface area contributed by atoms with Gasteiger partial charge in [0.15, 0.2) is 0 Å². The van der Waals surface area contributed by atoms with E-state index in [1.807, 2.05) is 17.2 Å². The maximum Gasteiger partial charge on any atom is 0.230 e. The first kappa shape index (κ1) is 20.0. The number of aromatic nitrogens is 1. The van der Waals surface area contributed by atoms with Crippen molar-refractivity contribution in [1.29, 1.82) is 0 Å². The lowest BCUT2D eigenvalue weighted by molar-refractivity contribution is -0.123. The second-order valence-corrected chi connectivity index (χ2v) is 9.81. The predicted molar refractivity (Wildman–Crippen MR) is 126 cm³/mol. The molecule has 1 aromatic carbocycles. The summed E-state index contributed by atoms with van der Waals surface area (Å²) >= 11 is 0. The molecule has 1 saturated heterocycles. The van der Waals surface area contributed by atoms with Crippen molar-refractivity contribution < 1.29 is 9.53 Å². The Labute approximate surface area is 190 Å². The van der Waals surface area contributed by atoms with E-state index < -0.39 is 0 Å². The molecule has 1 aromatic heterocycles. The van der Waals surface area contributed by atoms with Crippen LogP contribution in [0.3, 0.4) is 0 Å². The van der Waals surface area contributed by atoms with E-state index >= 15 is 0 Å². The zero-order valence-corrected chi connectivity index (χ0v) is 18.6. The van der Waals surface area contributed by atoms with Crippen LogP contribution in [0.25, 0.3) is 0 Å². The van der Waals surface area contributed by atoms with Crippen molar-refractivity contribution in [1.82, 2.24) is 4.98 Å². The van der Waals surface area contributed by atoms with Gasteiger partial charge < -0.3 is 19.9 Å². The van der Waals surface area contributed by atoms with Gasteiger partial charge in [0, 0.05) is 36.5 Å². The number of fused-ring (bicyclic) bond motifs is 2. The van der Waals surface area contributed by atoms with Crippen molar-refractivity contribution in [2.75, 3.05) is 41.4 Å². The van der Waals surface area contributed by atoms with Crippen molar-refractivity contribution >= 4 is 28.8 Å². The van der Waals surface area contributed by atoms with E-state index in [0.29, 0.717) is 6.54 Å². The molecule has 32 heavy (non-hydrogen) atoms. The van der Waals surface area contributed by atoms with E-state index in [2.05, 4.69) is 39.5 Å². The third-order valence-corrected chi connectivity index (χ3v) is 7.80. The average molecular weight is 433 g/mol. The van der Waals surface area contributed by atoms with Gasteiger partial charge in [-0.3, -0.25) is 4.79 Å². The van der Waals surface area contributed by atoms with Crippen LogP contribution in [0.4, 0.5) is 22.9 Å². The van der Waals surface area contributed by atoms with E-state index in [9.17, 15) is 4.79 Å². The highest BCUT2D eigenvalue weighted by molar-refractivity contribution is 6.00. The van der Waals surface area contributed by atoms with Crippen LogP contribution in [0.1, 0.15) is 44.1 Å². The second-order valence-electron chi connectivity index (χ2n) is 9.81. The van der Waals surface area contributed by atoms with Gasteiger partial charge in [0.2, 0.25) is 5.91 Å². The molecule has 2 aromatic rings. The Morgan fingerprint density at radius 1 is 1.00 bits per heavy atom. The van der Waals surface area contributed by atoms with Gasteiger partial charge in [0.1, 0.15) is 5.82 Å². The van der Waals surface area contributed by atoms with Gasteiger partial charge in [-0.1, -0.05) is 6.07 Å². The summed E-state index contributed by atoms with van der Waals surface area (Å²) in [6, 6.07) is 10.5. The molecule has 1 N–H and O–H groups in total. The summed E-state index contributed by atoms with van der Waals surface area (Å²) in [6.07, 6.45) is 9.11. The predicted octanol–water partition coefficient (Wildman–Crippen LogP) is 4.72. The number of hydrogen-bond acceptors (Lipinski definition) is 5. The van der Waals surface area contributed by atoms with Crippen LogP contribution < -0.4 is 15.1 Å². The molecule has 0 spiro atoms. The zero-order valence-electron chi connectivity index (χ0n) is 18.6. The second kappa shape index (κ2) is 8.39. The zero-order chi connectivity index (χ0) is 21.5. The Kier molecular flexibility index (Phi) is 5.26. The Morgan fingerprint density at radius 2 is 1.75 bits per heavy atom. The number of anilines is 4. The Morgan fingerprint density at radius 3 is 2.50 bits per heavy atom. The first-order valence-electron chi connectivity index (χ1n) is 12.3. The Bertz CT molecular complexity index is 991. The van der Waals surface area contributed by atoms with Gasteiger partial charge in [-0.15, -0.1) is 0 Å². The molecular weight excluding hydrogens is 400 g/mol. The van der Waals surface area contributed by atoms with Crippen LogP contribution in [-0.4, -0.2) is 37.2 Å². The van der Waals surface area contributed by atoms with Crippen molar-refractivity contribution in [2.45, 2.75) is 45.1 Å². The number of nitrogens with one attached hydrogen (secondary N) is 1. The van der Waals surface area contributed by atoms with Crippen LogP contribution in [0.15, 0.2) is 36.5 Å². The summed E-state index contributed by atoms with van der Waals surface area (Å²) in [6.45, 7) is 3.83. The quantitative estimate of drug-likeness (QED) is 0.760. The number of hydrogen-bond donors (Lipinski definition) is 1. The minimum Gasteiger partial charge on any atom is -0.378 e. The van der Waals surface area contributed by atoms with Crippen LogP contribution in [0, 0.1) is 17.8 Å². The minimum atomic E-state index is 0.128. The lowest BCUT2D eigenvalue weighted by atomic mass is 9.79. The molecule has 6 heteroatoms. The van der Waals surface area contributed by atoms with Gasteiger partial charge in [0.25, 0.3) is 0 Å². The maximum atomic E-state index is 13.9. The molecule has 2 aliphatic heterocycles. The smallest absolute Gasteiger partial charge is 0.230 e. The summed E-state index contributed by atoms with van der Waals surface area (Å²) in [4.78, 5) is 22.8. The van der Waals surface area contributed by atoms with Crippen LogP contribution in [0.5, 0.6) is 0 Å². The number of benzene rings is 1. The highest BCUT2D eigenvalue weighted by atomic mass is 16.5. The molecule has 3 heterocycles. The summed E-state index contributed by atoms with van der Waals surface area (Å²) in [5.41, 5.74) is 4.15. The Balaban J connectivity index is 1.32. The van der Waals surface area contributed by atoms with E-state index in [4.69, 9.17) is 4.74 Å². The minimum absolute atomic E-state index is 0.128. The summed E-state index contributed by atoms with van der Waals surface area (Å²) < 4.78 is 5.54. The van der Waals surface area contributed by atoms with E-state index in [-0.39, 0.29) is 11.8 Å². The largest absolute Gasteiger partial charge is 0.378 e. The molecule has 2 aliphatic carbocycles. The molecule has 0 bridgehead atoms. The molecule has 6 nitrogen and oxygen atoms in total. The first-order valence-corrected chi connectivity index (χ1v) is 12.3. The van der Waals surface area contributed by atoms with Crippen molar-refractivity contribution in [2.24, 2.45) is 17.8 Å². The standard InChI is InChI=1S/C26H32N4O2/c31-26(20-7-5-19(6-8-20)18-3-4-18)30-17-21-2-1-11-27-25(21)28-23-10-9-22(16-24(23)30)29-12-14-32-15-13-29/h1-2,9-11,16,18-20H,3-8,12-15,17H2,(H,27,28). The molecular formula is C26H32N4O2. The number of rotatable bonds is 3. The molecule has 1 amide bonds. The molecule has 2 saturated carbocycles. The van der Waals surface area contributed by atoms with Crippen molar-refractivity contribution in [3.05, 3.63) is 42.1 Å². The molecule has 0 radical (unpaired) electrons. The summed E-state index contributed by atoms with van der Waals surface area (Å²) in [5.74, 6) is 3.06. The maximum absolute atomic E-state index is 13.9.